The second kappa shape index (κ2) is 6.00. The molecule has 0 atom stereocenters. The van der Waals surface area contributed by atoms with Crippen LogP contribution < -0.4 is 9.46 Å². The first-order chi connectivity index (χ1) is 8.05. The van der Waals surface area contributed by atoms with E-state index in [1.54, 1.807) is 6.07 Å². The average Bonchev–Trinajstić information content (AvgIpc) is 2.35. The lowest BCUT2D eigenvalue weighted by molar-refractivity contribution is 0.281. The van der Waals surface area contributed by atoms with Crippen LogP contribution >= 0.6 is 0 Å². The minimum Gasteiger partial charge on any atom is -0.495 e. The zero-order valence-corrected chi connectivity index (χ0v) is 10.8. The van der Waals surface area contributed by atoms with Gasteiger partial charge in [0.1, 0.15) is 10.6 Å². The number of hydrogen-bond acceptors (Lipinski definition) is 4. The van der Waals surface area contributed by atoms with E-state index in [0.717, 1.165) is 0 Å². The largest absolute Gasteiger partial charge is 0.495 e. The minimum absolute atomic E-state index is 0.0556. The lowest BCUT2D eigenvalue weighted by atomic mass is 10.2. The van der Waals surface area contributed by atoms with Crippen molar-refractivity contribution < 1.29 is 18.3 Å². The van der Waals surface area contributed by atoms with Crippen LogP contribution in [0.2, 0.25) is 0 Å². The zero-order chi connectivity index (χ0) is 12.9. The zero-order valence-electron chi connectivity index (χ0n) is 9.93. The third-order valence-corrected chi connectivity index (χ3v) is 3.72. The van der Waals surface area contributed by atoms with Crippen LogP contribution in [0.5, 0.6) is 5.75 Å². The highest BCUT2D eigenvalue weighted by atomic mass is 32.2. The Morgan fingerprint density at radius 3 is 2.65 bits per heavy atom. The predicted molar refractivity (Wildman–Crippen MR) is 64.4 cm³/mol. The van der Waals surface area contributed by atoms with Gasteiger partial charge in [0.2, 0.25) is 10.0 Å². The van der Waals surface area contributed by atoms with Gasteiger partial charge in [-0.3, -0.25) is 0 Å². The first kappa shape index (κ1) is 14.0. The topological polar surface area (TPSA) is 75.6 Å². The smallest absolute Gasteiger partial charge is 0.244 e. The van der Waals surface area contributed by atoms with E-state index in [1.807, 2.05) is 6.92 Å². The number of ether oxygens (including phenoxy) is 1. The molecular formula is C11H17NO4S. The van der Waals surface area contributed by atoms with Crippen LogP contribution in [0.1, 0.15) is 18.9 Å². The van der Waals surface area contributed by atoms with E-state index in [4.69, 9.17) is 9.84 Å². The highest BCUT2D eigenvalue weighted by Crippen LogP contribution is 2.24. The summed E-state index contributed by atoms with van der Waals surface area (Å²) in [6.45, 7) is 2.04. The van der Waals surface area contributed by atoms with Gasteiger partial charge in [-0.1, -0.05) is 13.0 Å². The fourth-order valence-corrected chi connectivity index (χ4v) is 2.69. The van der Waals surface area contributed by atoms with Crippen molar-refractivity contribution in [2.24, 2.45) is 0 Å². The van der Waals surface area contributed by atoms with Gasteiger partial charge < -0.3 is 9.84 Å². The summed E-state index contributed by atoms with van der Waals surface area (Å²) in [7, 11) is -2.17. The second-order valence-electron chi connectivity index (χ2n) is 3.54. The molecule has 5 nitrogen and oxygen atoms in total. The summed E-state index contributed by atoms with van der Waals surface area (Å²) in [6.07, 6.45) is 0.710. The van der Waals surface area contributed by atoms with Gasteiger partial charge in [0.25, 0.3) is 0 Å². The number of sulfonamides is 1. The van der Waals surface area contributed by atoms with Crippen molar-refractivity contribution in [1.82, 2.24) is 4.72 Å². The Bertz CT molecular complexity index is 470. The molecule has 0 radical (unpaired) electrons. The summed E-state index contributed by atoms with van der Waals surface area (Å²) in [5, 5.41) is 9.01. The lowest BCUT2D eigenvalue weighted by Gasteiger charge is -2.11. The molecule has 0 aliphatic rings. The van der Waals surface area contributed by atoms with Gasteiger partial charge in [0.05, 0.1) is 13.7 Å². The van der Waals surface area contributed by atoms with Crippen LogP contribution in [0.3, 0.4) is 0 Å². The predicted octanol–water partition coefficient (Wildman–Crippen LogP) is 0.876. The number of aliphatic hydroxyl groups is 1. The van der Waals surface area contributed by atoms with Crippen LogP contribution in [0.25, 0.3) is 0 Å². The molecule has 0 saturated carbocycles. The fraction of sp³-hybridized carbons (Fsp3) is 0.455. The van der Waals surface area contributed by atoms with E-state index in [9.17, 15) is 8.42 Å². The number of nitrogens with one attached hydrogen (secondary N) is 1. The molecule has 2 N–H and O–H groups in total. The van der Waals surface area contributed by atoms with Crippen molar-refractivity contribution in [3.05, 3.63) is 23.8 Å². The molecule has 0 saturated heterocycles. The molecule has 0 amide bonds. The molecule has 96 valence electrons. The summed E-state index contributed by atoms with van der Waals surface area (Å²) in [4.78, 5) is 0.0556. The van der Waals surface area contributed by atoms with Crippen LogP contribution in [-0.4, -0.2) is 27.2 Å². The Morgan fingerprint density at radius 2 is 2.12 bits per heavy atom. The highest BCUT2D eigenvalue weighted by Gasteiger charge is 2.19. The molecule has 1 aromatic rings. The maximum absolute atomic E-state index is 12.0. The summed E-state index contributed by atoms with van der Waals surface area (Å²) in [5.74, 6) is 0.269. The second-order valence-corrected chi connectivity index (χ2v) is 5.28. The third-order valence-electron chi connectivity index (χ3n) is 2.24. The van der Waals surface area contributed by atoms with Crippen LogP contribution in [0, 0.1) is 0 Å². The van der Waals surface area contributed by atoms with E-state index < -0.39 is 10.0 Å². The van der Waals surface area contributed by atoms with Crippen molar-refractivity contribution in [2.75, 3.05) is 13.7 Å². The molecule has 0 aliphatic carbocycles. The Balaban J connectivity index is 3.17. The molecule has 6 heteroatoms. The first-order valence-corrected chi connectivity index (χ1v) is 6.81. The third kappa shape index (κ3) is 3.42. The molecule has 0 unspecified atom stereocenters. The van der Waals surface area contributed by atoms with Crippen molar-refractivity contribution in [2.45, 2.75) is 24.8 Å². The van der Waals surface area contributed by atoms with Gasteiger partial charge in [-0.05, 0) is 24.1 Å². The van der Waals surface area contributed by atoms with Crippen molar-refractivity contribution in [3.63, 3.8) is 0 Å². The molecule has 17 heavy (non-hydrogen) atoms. The van der Waals surface area contributed by atoms with Crippen molar-refractivity contribution >= 4 is 10.0 Å². The van der Waals surface area contributed by atoms with Crippen molar-refractivity contribution in [3.8, 4) is 5.75 Å². The Hall–Kier alpha value is -1.11. The quantitative estimate of drug-likeness (QED) is 0.795. The van der Waals surface area contributed by atoms with E-state index >= 15 is 0 Å². The molecule has 1 aromatic carbocycles. The van der Waals surface area contributed by atoms with Crippen LogP contribution in [0.15, 0.2) is 23.1 Å². The van der Waals surface area contributed by atoms with Crippen LogP contribution in [0.4, 0.5) is 0 Å². The molecule has 0 heterocycles. The maximum Gasteiger partial charge on any atom is 0.244 e. The van der Waals surface area contributed by atoms with E-state index in [0.29, 0.717) is 18.5 Å². The van der Waals surface area contributed by atoms with E-state index in [1.165, 1.54) is 19.2 Å². The standard InChI is InChI=1S/C11H17NO4S/c1-3-6-12-17(14,15)11-7-9(8-13)4-5-10(11)16-2/h4-5,7,12-13H,3,6,8H2,1-2H3. The minimum atomic E-state index is -3.58. The highest BCUT2D eigenvalue weighted by molar-refractivity contribution is 7.89. The number of benzene rings is 1. The van der Waals surface area contributed by atoms with Gasteiger partial charge in [-0.25, -0.2) is 13.1 Å². The molecule has 0 aliphatic heterocycles. The number of methoxy groups -OCH3 is 1. The SMILES string of the molecule is CCCNS(=O)(=O)c1cc(CO)ccc1OC. The summed E-state index contributed by atoms with van der Waals surface area (Å²) in [6, 6.07) is 4.57. The normalized spacial score (nSPS) is 11.5. The maximum atomic E-state index is 12.0. The van der Waals surface area contributed by atoms with Crippen LogP contribution in [-0.2, 0) is 16.6 Å². The summed E-state index contributed by atoms with van der Waals surface area (Å²) < 4.78 is 31.4. The molecule has 0 spiro atoms. The van der Waals surface area contributed by atoms with Gasteiger partial charge in [0, 0.05) is 6.54 Å². The van der Waals surface area contributed by atoms with Gasteiger partial charge in [-0.15, -0.1) is 0 Å². The Kier molecular flexibility index (Phi) is 4.92. The Morgan fingerprint density at radius 1 is 1.41 bits per heavy atom. The lowest BCUT2D eigenvalue weighted by Crippen LogP contribution is -2.25. The number of hydrogen-bond donors (Lipinski definition) is 2. The van der Waals surface area contributed by atoms with E-state index in [2.05, 4.69) is 4.72 Å². The summed E-state index contributed by atoms with van der Waals surface area (Å²) >= 11 is 0. The number of rotatable bonds is 6. The monoisotopic (exact) mass is 259 g/mol. The van der Waals surface area contributed by atoms with Gasteiger partial charge in [0.15, 0.2) is 0 Å². The molecule has 1 rings (SSSR count). The van der Waals surface area contributed by atoms with E-state index in [-0.39, 0.29) is 17.3 Å². The number of aliphatic hydroxyl groups excluding tert-OH is 1. The molecule has 0 bridgehead atoms. The van der Waals surface area contributed by atoms with Crippen molar-refractivity contribution in [1.29, 1.82) is 0 Å². The Labute approximate surface area is 101 Å². The van der Waals surface area contributed by atoms with Gasteiger partial charge in [-0.2, -0.15) is 0 Å². The average molecular weight is 259 g/mol. The molecular weight excluding hydrogens is 242 g/mol. The summed E-state index contributed by atoms with van der Waals surface area (Å²) in [5.41, 5.74) is 0.530. The fourth-order valence-electron chi connectivity index (χ4n) is 1.34. The van der Waals surface area contributed by atoms with Gasteiger partial charge >= 0.3 is 0 Å². The first-order valence-electron chi connectivity index (χ1n) is 5.32. The molecule has 0 fully saturated rings. The molecule has 0 aromatic heterocycles.